The molecule has 0 unspecified atom stereocenters. The lowest BCUT2D eigenvalue weighted by atomic mass is 10.1. The Morgan fingerprint density at radius 3 is 0.984 bits per heavy atom. The van der Waals surface area contributed by atoms with E-state index in [1.807, 2.05) is 110 Å². The molecule has 0 radical (unpaired) electrons. The highest BCUT2D eigenvalue weighted by Crippen LogP contribution is 2.09. The van der Waals surface area contributed by atoms with Crippen LogP contribution in [0.1, 0.15) is 277 Å². The van der Waals surface area contributed by atoms with Gasteiger partial charge in [-0.2, -0.15) is 0 Å². The van der Waals surface area contributed by atoms with Crippen LogP contribution in [0.5, 0.6) is 0 Å². The zero-order valence-corrected chi connectivity index (χ0v) is 80.6. The number of halogens is 1. The number of aryl methyl sites for hydroxylation is 1. The summed E-state index contributed by atoms with van der Waals surface area (Å²) in [5.41, 5.74) is 0.758. The molecular formula is C90H159BrN8O27. The van der Waals surface area contributed by atoms with Crippen LogP contribution in [0.15, 0.2) is 6.20 Å². The Labute approximate surface area is 757 Å². The number of amides is 5. The SMILES string of the molecule is CC(=O)N[C@@H](CCC(=O)CCCOCCC(=O)C(C)C)C(=O)O.CC(=O)N[C@@H](CCC(=O)NCCOCCOCCC(=O)C(C)C)C(=O)O.CC(C)C(=O)CCOCCCC(=O)CBr.CCC(=O)CCCOCCC(=O)C(C)C.CCC(=O)CCCOCCC(=O)C(C)C.CCC(=O)NCCCOCCCNC(=O)CCc1cn(CCOCCC(=O)C(C)C)nn1. The smallest absolute Gasteiger partial charge is 0.326 e. The summed E-state index contributed by atoms with van der Waals surface area (Å²) in [6, 6.07) is -2.11. The molecule has 0 bridgehead atoms. The van der Waals surface area contributed by atoms with Gasteiger partial charge >= 0.3 is 11.9 Å². The summed E-state index contributed by atoms with van der Waals surface area (Å²) in [6.07, 6.45) is 13.6. The van der Waals surface area contributed by atoms with E-state index >= 15 is 0 Å². The van der Waals surface area contributed by atoms with E-state index in [1.54, 1.807) is 4.68 Å². The Kier molecular flexibility index (Phi) is 87.2. The van der Waals surface area contributed by atoms with Crippen LogP contribution in [-0.4, -0.2) is 267 Å². The molecule has 0 fully saturated rings. The molecule has 2 atom stereocenters. The van der Waals surface area contributed by atoms with Crippen molar-refractivity contribution in [3.05, 3.63) is 11.9 Å². The predicted octanol–water partition coefficient (Wildman–Crippen LogP) is 9.86. The number of aromatic nitrogens is 3. The van der Waals surface area contributed by atoms with Crippen molar-refractivity contribution in [3.8, 4) is 0 Å². The number of carboxylic acid groups (broad SMARTS) is 2. The average Bonchev–Trinajstić information content (AvgIpc) is 1.78. The molecule has 7 N–H and O–H groups in total. The second kappa shape index (κ2) is 86.7. The van der Waals surface area contributed by atoms with Gasteiger partial charge in [-0.3, -0.25) is 71.9 Å². The lowest BCUT2D eigenvalue weighted by molar-refractivity contribution is -0.142. The van der Waals surface area contributed by atoms with Crippen molar-refractivity contribution in [1.29, 1.82) is 0 Å². The van der Waals surface area contributed by atoms with Gasteiger partial charge in [0, 0.05) is 224 Å². The van der Waals surface area contributed by atoms with Crippen LogP contribution in [0.4, 0.5) is 0 Å². The minimum atomic E-state index is -1.17. The maximum absolute atomic E-state index is 11.9. The highest BCUT2D eigenvalue weighted by molar-refractivity contribution is 9.09. The molecule has 0 aromatic carbocycles. The first-order chi connectivity index (χ1) is 59.6. The fraction of sp³-hybridized carbons (Fsp3) is 0.789. The van der Waals surface area contributed by atoms with Gasteiger partial charge in [0.1, 0.15) is 69.9 Å². The van der Waals surface area contributed by atoms with Crippen LogP contribution in [0.2, 0.25) is 0 Å². The van der Waals surface area contributed by atoms with Gasteiger partial charge in [-0.05, 0) is 51.4 Å². The van der Waals surface area contributed by atoms with Gasteiger partial charge in [-0.1, -0.05) is 125 Å². The molecule has 36 heteroatoms. The number of alkyl halides is 1. The van der Waals surface area contributed by atoms with E-state index in [4.69, 9.17) is 48.1 Å². The van der Waals surface area contributed by atoms with E-state index < -0.39 is 35.8 Å². The number of nitrogens with zero attached hydrogens (tertiary/aromatic N) is 3. The number of Topliss-reactive ketones (excluding diaryl/α,β-unsaturated/α-hetero) is 10. The second-order valence-corrected chi connectivity index (χ2v) is 31.9. The summed E-state index contributed by atoms with van der Waals surface area (Å²) in [5, 5.41) is 39.2. The van der Waals surface area contributed by atoms with Crippen LogP contribution in [-0.2, 0) is 132 Å². The highest BCUT2D eigenvalue weighted by atomic mass is 79.9. The Bertz CT molecular complexity index is 3080. The van der Waals surface area contributed by atoms with Gasteiger partial charge in [-0.15, -0.1) is 5.10 Å². The number of nitrogens with one attached hydrogen (secondary N) is 5. The molecule has 0 aliphatic carbocycles. The van der Waals surface area contributed by atoms with Gasteiger partial charge in [0.2, 0.25) is 29.5 Å². The Balaban J connectivity index is -0.000000477. The Morgan fingerprint density at radius 1 is 0.341 bits per heavy atom. The third-order valence-electron chi connectivity index (χ3n) is 18.0. The molecule has 1 rings (SSSR count). The average molecular weight is 1870 g/mol. The molecule has 1 heterocycles. The van der Waals surface area contributed by atoms with Crippen LogP contribution >= 0.6 is 15.9 Å². The summed E-state index contributed by atoms with van der Waals surface area (Å²) in [6.45, 7) is 39.9. The first-order valence-corrected chi connectivity index (χ1v) is 45.8. The number of ether oxygens (including phenoxy) is 8. The van der Waals surface area contributed by atoms with Crippen LogP contribution in [0, 0.1) is 35.5 Å². The second-order valence-electron chi connectivity index (χ2n) is 31.4. The maximum Gasteiger partial charge on any atom is 0.326 e. The van der Waals surface area contributed by atoms with E-state index in [9.17, 15) is 81.5 Å². The maximum atomic E-state index is 11.9. The van der Waals surface area contributed by atoms with Gasteiger partial charge in [0.05, 0.1) is 83.6 Å². The van der Waals surface area contributed by atoms with Crippen LogP contribution < -0.4 is 26.6 Å². The standard InChI is InChI=1S/C22H39N5O5.C17H30N2O7.C16H27NO6.2C12H22O3.C11H19BrO3/c1-4-21(29)23-10-5-13-31-14-6-11-24-22(30)8-7-19-17-27(26-25-19)12-16-32-15-9-20(28)18(2)3;1-12(2)15(21)6-8-25-10-11-26-9-7-18-16(22)5-4-14(17(23)24)19-13(3)20;1-11(2)15(20)8-10-23-9-4-5-13(19)6-7-14(16(21)22)17-12(3)18;2*1-4-11(13)6-5-8-15-9-7-12(14)10(2)3;1-9(2)11(14)5-7-15-6-3-4-10(13)8-12/h17-18H,4-16H2,1-3H3,(H,23,29)(H,24,30);12,14H,4-11H2,1-3H3,(H,18,22)(H,19,20)(H,23,24);11,14H,4-10H2,1-3H3,(H,17,18)(H,21,22);2*10H,4-9H2,1-3H3;9H,3-8H2,1-2H3/t;2*14-;;;/m.00.../s1. The monoisotopic (exact) mass is 1860 g/mol. The molecular weight excluding hydrogens is 1700 g/mol. The van der Waals surface area contributed by atoms with Gasteiger partial charge in [-0.25, -0.2) is 14.3 Å². The number of rotatable bonds is 74. The summed E-state index contributed by atoms with van der Waals surface area (Å²) in [4.78, 5) is 190. The first kappa shape index (κ1) is 127. The molecule has 0 aliphatic heterocycles. The zero-order valence-electron chi connectivity index (χ0n) is 79.0. The van der Waals surface area contributed by atoms with E-state index in [0.29, 0.717) is 240 Å². The number of ketones is 10. The third-order valence-corrected chi connectivity index (χ3v) is 18.6. The molecule has 1 aromatic rings. The van der Waals surface area contributed by atoms with E-state index in [-0.39, 0.29) is 137 Å². The molecule has 1 aromatic heterocycles. The van der Waals surface area contributed by atoms with E-state index in [2.05, 4.69) is 52.8 Å². The Hall–Kier alpha value is -7.71. The van der Waals surface area contributed by atoms with Crippen molar-refractivity contribution in [3.63, 3.8) is 0 Å². The summed E-state index contributed by atoms with van der Waals surface area (Å²) in [7, 11) is 0. The lowest BCUT2D eigenvalue weighted by Crippen LogP contribution is -2.40. The first-order valence-electron chi connectivity index (χ1n) is 44.7. The van der Waals surface area contributed by atoms with Crippen molar-refractivity contribution < 1.29 is 130 Å². The van der Waals surface area contributed by atoms with Crippen LogP contribution in [0.3, 0.4) is 0 Å². The molecule has 0 aliphatic rings. The molecule has 728 valence electrons. The quantitative estimate of drug-likeness (QED) is 0.0235. The molecule has 5 amide bonds. The summed E-state index contributed by atoms with van der Waals surface area (Å²) < 4.78 is 44.3. The van der Waals surface area contributed by atoms with Crippen LogP contribution in [0.25, 0.3) is 0 Å². The number of aliphatic carboxylic acids is 2. The number of hydrogen-bond acceptors (Lipinski definition) is 27. The van der Waals surface area contributed by atoms with E-state index in [1.165, 1.54) is 13.8 Å². The Morgan fingerprint density at radius 2 is 0.643 bits per heavy atom. The normalized spacial score (nSPS) is 11.2. The van der Waals surface area contributed by atoms with Gasteiger partial charge in [0.15, 0.2) is 0 Å². The van der Waals surface area contributed by atoms with Gasteiger partial charge in [0.25, 0.3) is 0 Å². The zero-order chi connectivity index (χ0) is 96.4. The summed E-state index contributed by atoms with van der Waals surface area (Å²) >= 11 is 3.10. The van der Waals surface area contributed by atoms with Crippen molar-refractivity contribution in [2.45, 2.75) is 297 Å². The predicted molar refractivity (Wildman–Crippen MR) is 481 cm³/mol. The van der Waals surface area contributed by atoms with E-state index in [0.717, 1.165) is 37.8 Å². The summed E-state index contributed by atoms with van der Waals surface area (Å²) in [5.74, 6) is -1.27. The minimum Gasteiger partial charge on any atom is -0.480 e. The van der Waals surface area contributed by atoms with Crippen molar-refractivity contribution in [1.82, 2.24) is 41.6 Å². The fourth-order valence-electron chi connectivity index (χ4n) is 9.65. The lowest BCUT2D eigenvalue weighted by Gasteiger charge is -2.13. The number of carbonyl (C=O) groups is 17. The number of hydrogen-bond donors (Lipinski definition) is 7. The number of carboxylic acids is 2. The molecule has 0 saturated heterocycles. The minimum absolute atomic E-state index is 0.00553. The molecule has 0 spiro atoms. The van der Waals surface area contributed by atoms with Crippen molar-refractivity contribution in [2.75, 3.05) is 131 Å². The molecule has 35 nitrogen and oxygen atoms in total. The molecule has 126 heavy (non-hydrogen) atoms. The molecule has 0 saturated carbocycles. The topological polar surface area (TPSA) is 495 Å². The van der Waals surface area contributed by atoms with Gasteiger partial charge < -0.3 is 74.7 Å². The highest BCUT2D eigenvalue weighted by Gasteiger charge is 2.22. The number of carbonyl (C=O) groups excluding carboxylic acids is 15. The third kappa shape index (κ3) is 88.3. The largest absolute Gasteiger partial charge is 0.480 e. The fourth-order valence-corrected chi connectivity index (χ4v) is 9.93. The van der Waals surface area contributed by atoms with Crippen molar-refractivity contribution in [2.24, 2.45) is 35.5 Å². The van der Waals surface area contributed by atoms with Crippen molar-refractivity contribution >= 4 is 115 Å².